The van der Waals surface area contributed by atoms with E-state index in [-0.39, 0.29) is 6.61 Å². The number of phosphoric acid groups is 1. The molecule has 0 saturated heterocycles. The Morgan fingerprint density at radius 2 is 1.61 bits per heavy atom. The fourth-order valence-electron chi connectivity index (χ4n) is 2.81. The van der Waals surface area contributed by atoms with Gasteiger partial charge in [0.25, 0.3) is 5.76 Å². The van der Waals surface area contributed by atoms with Crippen molar-refractivity contribution < 1.29 is 43.4 Å². The maximum atomic E-state index is 11.9. The van der Waals surface area contributed by atoms with Gasteiger partial charge >= 0.3 is 13.8 Å². The van der Waals surface area contributed by atoms with Crippen molar-refractivity contribution in [3.8, 4) is 0 Å². The van der Waals surface area contributed by atoms with E-state index < -0.39 is 44.1 Å². The Hall–Kier alpha value is -1.12. The summed E-state index contributed by atoms with van der Waals surface area (Å²) in [7, 11) is -4.62. The molecule has 1 rings (SSSR count). The molecule has 0 amide bonds. The highest BCUT2D eigenvalue weighted by molar-refractivity contribution is 7.47. The summed E-state index contributed by atoms with van der Waals surface area (Å²) >= 11 is 0. The van der Waals surface area contributed by atoms with Crippen LogP contribution in [0.3, 0.4) is 0 Å². The first-order chi connectivity index (χ1) is 13.3. The van der Waals surface area contributed by atoms with Gasteiger partial charge in [-0.15, -0.1) is 0 Å². The predicted octanol–water partition coefficient (Wildman–Crippen LogP) is 3.09. The second-order valence-corrected chi connectivity index (χ2v) is 8.24. The monoisotopic (exact) mass is 424 g/mol. The molecule has 0 aromatic heterocycles. The minimum atomic E-state index is -4.62. The first-order valence-corrected chi connectivity index (χ1v) is 11.4. The first kappa shape index (κ1) is 24.9. The van der Waals surface area contributed by atoms with E-state index in [0.717, 1.165) is 19.3 Å². The van der Waals surface area contributed by atoms with Gasteiger partial charge < -0.3 is 24.6 Å². The number of aliphatic hydroxyl groups excluding tert-OH is 3. The Labute approximate surface area is 165 Å². The van der Waals surface area contributed by atoms with E-state index in [1.165, 1.54) is 38.5 Å². The van der Waals surface area contributed by atoms with E-state index in [0.29, 0.717) is 6.42 Å². The Bertz CT molecular complexity index is 549. The predicted molar refractivity (Wildman–Crippen MR) is 101 cm³/mol. The molecule has 1 heterocycles. The number of cyclic esters (lactones) is 1. The topological polar surface area (TPSA) is 143 Å². The molecule has 0 spiro atoms. The number of esters is 1. The molecular formula is C18H33O9P. The standard InChI is InChI=1S/C18H33O9P/c1-2-3-4-5-6-7-8-9-10-11-12-25-28(23,24)27-17-15(21)16(14(20)13-19)26-18(17)22/h14,16,19-21H,2-13H2,1H3,(H,23,24)/t14-,16+/m0/s1. The third kappa shape index (κ3) is 8.92. The van der Waals surface area contributed by atoms with Gasteiger partial charge in [0.15, 0.2) is 11.9 Å². The highest BCUT2D eigenvalue weighted by Crippen LogP contribution is 2.47. The lowest BCUT2D eigenvalue weighted by Crippen LogP contribution is -2.31. The molecule has 0 aromatic carbocycles. The molecule has 164 valence electrons. The Morgan fingerprint density at radius 1 is 1.07 bits per heavy atom. The van der Waals surface area contributed by atoms with E-state index in [4.69, 9.17) is 9.63 Å². The zero-order valence-corrected chi connectivity index (χ0v) is 17.3. The highest BCUT2D eigenvalue weighted by Gasteiger charge is 2.43. The number of phosphoric ester groups is 1. The number of unbranched alkanes of at least 4 members (excludes halogenated alkanes) is 9. The van der Waals surface area contributed by atoms with Crippen LogP contribution in [0.1, 0.15) is 71.1 Å². The maximum Gasteiger partial charge on any atom is 0.527 e. The van der Waals surface area contributed by atoms with Gasteiger partial charge in [-0.3, -0.25) is 9.42 Å². The quantitative estimate of drug-likeness (QED) is 0.167. The lowest BCUT2D eigenvalue weighted by atomic mass is 10.1. The van der Waals surface area contributed by atoms with Crippen molar-refractivity contribution in [3.63, 3.8) is 0 Å². The fourth-order valence-corrected chi connectivity index (χ4v) is 3.62. The van der Waals surface area contributed by atoms with Crippen molar-refractivity contribution in [1.82, 2.24) is 0 Å². The molecule has 3 atom stereocenters. The van der Waals surface area contributed by atoms with Crippen molar-refractivity contribution >= 4 is 13.8 Å². The first-order valence-electron chi connectivity index (χ1n) is 9.92. The molecule has 1 aliphatic heterocycles. The molecule has 0 saturated carbocycles. The van der Waals surface area contributed by atoms with Crippen molar-refractivity contribution in [2.24, 2.45) is 0 Å². The summed E-state index contributed by atoms with van der Waals surface area (Å²) in [6.45, 7) is 1.38. The lowest BCUT2D eigenvalue weighted by molar-refractivity contribution is -0.147. The van der Waals surface area contributed by atoms with E-state index in [9.17, 15) is 24.5 Å². The Balaban J connectivity index is 2.23. The van der Waals surface area contributed by atoms with Crippen LogP contribution in [0.4, 0.5) is 0 Å². The zero-order chi connectivity index (χ0) is 21.0. The lowest BCUT2D eigenvalue weighted by Gasteiger charge is -2.14. The van der Waals surface area contributed by atoms with Gasteiger partial charge in [0.05, 0.1) is 13.2 Å². The molecule has 9 nitrogen and oxygen atoms in total. The molecule has 4 N–H and O–H groups in total. The minimum absolute atomic E-state index is 0.0317. The third-order valence-corrected chi connectivity index (χ3v) is 5.34. The van der Waals surface area contributed by atoms with Crippen LogP contribution in [-0.2, 0) is 23.1 Å². The van der Waals surface area contributed by atoms with Crippen LogP contribution in [0.25, 0.3) is 0 Å². The van der Waals surface area contributed by atoms with Gasteiger partial charge in [-0.2, -0.15) is 0 Å². The van der Waals surface area contributed by atoms with Crippen LogP contribution in [0, 0.1) is 0 Å². The summed E-state index contributed by atoms with van der Waals surface area (Å²) in [6.07, 6.45) is 7.90. The third-order valence-electron chi connectivity index (χ3n) is 4.42. The molecule has 0 bridgehead atoms. The van der Waals surface area contributed by atoms with Crippen LogP contribution >= 0.6 is 7.82 Å². The van der Waals surface area contributed by atoms with Crippen molar-refractivity contribution in [3.05, 3.63) is 11.5 Å². The van der Waals surface area contributed by atoms with Crippen LogP contribution in [0.5, 0.6) is 0 Å². The van der Waals surface area contributed by atoms with Crippen LogP contribution in [0.15, 0.2) is 11.5 Å². The van der Waals surface area contributed by atoms with E-state index in [2.05, 4.69) is 16.2 Å². The highest BCUT2D eigenvalue weighted by atomic mass is 31.2. The molecule has 10 heteroatoms. The SMILES string of the molecule is CCCCCCCCCCCCOP(=O)(O)OC1=C(O)[C@@H]([C@@H](O)CO)OC1=O. The summed E-state index contributed by atoms with van der Waals surface area (Å²) in [4.78, 5) is 21.3. The van der Waals surface area contributed by atoms with Crippen molar-refractivity contribution in [1.29, 1.82) is 0 Å². The molecular weight excluding hydrogens is 391 g/mol. The molecule has 1 unspecified atom stereocenters. The summed E-state index contributed by atoms with van der Waals surface area (Å²) in [5, 5.41) is 28.1. The van der Waals surface area contributed by atoms with Crippen LogP contribution < -0.4 is 0 Å². The normalized spacial score (nSPS) is 20.1. The summed E-state index contributed by atoms with van der Waals surface area (Å²) in [6, 6.07) is 0. The number of ether oxygens (including phenoxy) is 1. The average Bonchev–Trinajstić information content (AvgIpc) is 2.93. The molecule has 1 aliphatic rings. The average molecular weight is 424 g/mol. The number of hydrogen-bond acceptors (Lipinski definition) is 8. The fraction of sp³-hybridized carbons (Fsp3) is 0.833. The van der Waals surface area contributed by atoms with Gasteiger partial charge in [-0.1, -0.05) is 64.7 Å². The summed E-state index contributed by atoms with van der Waals surface area (Å²) < 4.78 is 25.9. The van der Waals surface area contributed by atoms with E-state index in [1.54, 1.807) is 0 Å². The molecule has 28 heavy (non-hydrogen) atoms. The number of aliphatic hydroxyl groups is 3. The van der Waals surface area contributed by atoms with Crippen molar-refractivity contribution in [2.75, 3.05) is 13.2 Å². The summed E-state index contributed by atoms with van der Waals surface area (Å²) in [5.41, 5.74) is 0. The summed E-state index contributed by atoms with van der Waals surface area (Å²) in [5.74, 6) is -2.97. The number of rotatable bonds is 16. The number of hydrogen-bond donors (Lipinski definition) is 4. The molecule has 0 aliphatic carbocycles. The number of carbonyl (C=O) groups excluding carboxylic acids is 1. The maximum absolute atomic E-state index is 11.9. The van der Waals surface area contributed by atoms with Gasteiger partial charge in [0, 0.05) is 0 Å². The van der Waals surface area contributed by atoms with Gasteiger partial charge in [0.1, 0.15) is 6.10 Å². The van der Waals surface area contributed by atoms with Gasteiger partial charge in [-0.25, -0.2) is 9.36 Å². The van der Waals surface area contributed by atoms with E-state index >= 15 is 0 Å². The van der Waals surface area contributed by atoms with Crippen LogP contribution in [-0.4, -0.2) is 51.6 Å². The second kappa shape index (κ2) is 13.2. The molecule has 0 radical (unpaired) electrons. The number of carbonyl (C=O) groups is 1. The Kier molecular flexibility index (Phi) is 11.7. The van der Waals surface area contributed by atoms with Crippen LogP contribution in [0.2, 0.25) is 0 Å². The molecule has 0 fully saturated rings. The minimum Gasteiger partial charge on any atom is -0.505 e. The second-order valence-electron chi connectivity index (χ2n) is 6.87. The Morgan fingerprint density at radius 3 is 2.14 bits per heavy atom. The van der Waals surface area contributed by atoms with Gasteiger partial charge in [-0.05, 0) is 6.42 Å². The smallest absolute Gasteiger partial charge is 0.505 e. The zero-order valence-electron chi connectivity index (χ0n) is 16.4. The van der Waals surface area contributed by atoms with Gasteiger partial charge in [0.2, 0.25) is 0 Å². The van der Waals surface area contributed by atoms with E-state index in [1.807, 2.05) is 0 Å². The largest absolute Gasteiger partial charge is 0.527 e. The molecule has 0 aromatic rings. The van der Waals surface area contributed by atoms with Crippen molar-refractivity contribution in [2.45, 2.75) is 83.3 Å².